The number of fused-ring (bicyclic) bond motifs is 1. The molecule has 0 radical (unpaired) electrons. The summed E-state index contributed by atoms with van der Waals surface area (Å²) in [6, 6.07) is 9.41. The van der Waals surface area contributed by atoms with Crippen molar-refractivity contribution in [3.05, 3.63) is 53.6 Å². The van der Waals surface area contributed by atoms with E-state index in [1.54, 1.807) is 6.20 Å². The third-order valence-corrected chi connectivity index (χ3v) is 3.99. The van der Waals surface area contributed by atoms with Gasteiger partial charge in [0.05, 0.1) is 12.2 Å². The molecule has 0 spiro atoms. The maximum Gasteiger partial charge on any atom is 0.407 e. The number of carboxylic acid groups (broad SMARTS) is 1. The number of rotatable bonds is 5. The van der Waals surface area contributed by atoms with Gasteiger partial charge in [0.25, 0.3) is 0 Å². The normalized spacial score (nSPS) is 16.2. The van der Waals surface area contributed by atoms with Gasteiger partial charge in [-0.2, -0.15) is 0 Å². The van der Waals surface area contributed by atoms with E-state index < -0.39 is 18.0 Å². The van der Waals surface area contributed by atoms with Crippen molar-refractivity contribution >= 4 is 12.1 Å². The molecule has 0 fully saturated rings. The third kappa shape index (κ3) is 3.73. The van der Waals surface area contributed by atoms with Crippen LogP contribution in [0.2, 0.25) is 0 Å². The van der Waals surface area contributed by atoms with Gasteiger partial charge in [0.15, 0.2) is 0 Å². The van der Waals surface area contributed by atoms with Gasteiger partial charge in [0.1, 0.15) is 18.3 Å². The molecule has 1 amide bonds. The minimum Gasteiger partial charge on any atom is -0.481 e. The van der Waals surface area contributed by atoms with Crippen molar-refractivity contribution in [3.63, 3.8) is 0 Å². The highest BCUT2D eigenvalue weighted by Crippen LogP contribution is 2.26. The molecule has 0 saturated carbocycles. The predicted molar refractivity (Wildman–Crippen MR) is 85.3 cm³/mol. The van der Waals surface area contributed by atoms with E-state index in [1.165, 1.54) is 0 Å². The molecule has 1 aromatic carbocycles. The van der Waals surface area contributed by atoms with Crippen LogP contribution >= 0.6 is 0 Å². The highest BCUT2D eigenvalue weighted by molar-refractivity contribution is 5.75. The molecule has 1 aromatic heterocycles. The van der Waals surface area contributed by atoms with Gasteiger partial charge in [-0.3, -0.25) is 4.79 Å². The first-order valence-electron chi connectivity index (χ1n) is 7.87. The van der Waals surface area contributed by atoms with E-state index >= 15 is 0 Å². The Hall–Kier alpha value is -2.83. The predicted octanol–water partition coefficient (Wildman–Crippen LogP) is 2.27. The molecule has 2 N–H and O–H groups in total. The summed E-state index contributed by atoms with van der Waals surface area (Å²) in [6.45, 7) is 1.16. The average molecular weight is 329 g/mol. The summed E-state index contributed by atoms with van der Waals surface area (Å²) in [4.78, 5) is 27.4. The van der Waals surface area contributed by atoms with Crippen LogP contribution in [0.1, 0.15) is 35.8 Å². The van der Waals surface area contributed by atoms with E-state index in [2.05, 4.69) is 10.3 Å². The van der Waals surface area contributed by atoms with Gasteiger partial charge in [0.2, 0.25) is 0 Å². The Kier molecular flexibility index (Phi) is 4.79. The van der Waals surface area contributed by atoms with Crippen molar-refractivity contribution in [3.8, 4) is 0 Å². The number of carbonyl (C=O) groups excluding carboxylic acids is 1. The largest absolute Gasteiger partial charge is 0.481 e. The van der Waals surface area contributed by atoms with Crippen LogP contribution in [-0.4, -0.2) is 26.7 Å². The van der Waals surface area contributed by atoms with Gasteiger partial charge in [0, 0.05) is 12.7 Å². The maximum absolute atomic E-state index is 11.7. The van der Waals surface area contributed by atoms with Crippen LogP contribution < -0.4 is 5.32 Å². The summed E-state index contributed by atoms with van der Waals surface area (Å²) in [6.07, 6.45) is 2.67. The molecule has 2 heterocycles. The Morgan fingerprint density at radius 2 is 2.12 bits per heavy atom. The SMILES string of the molecule is O=C(NCc1cn2c(n1)C(C(=O)O)CCC2)OCc1ccccc1. The molecular formula is C17H19N3O4. The van der Waals surface area contributed by atoms with Gasteiger partial charge in [-0.15, -0.1) is 0 Å². The monoisotopic (exact) mass is 329 g/mol. The molecular weight excluding hydrogens is 310 g/mol. The summed E-state index contributed by atoms with van der Waals surface area (Å²) >= 11 is 0. The van der Waals surface area contributed by atoms with E-state index in [-0.39, 0.29) is 13.2 Å². The lowest BCUT2D eigenvalue weighted by molar-refractivity contribution is -0.139. The second-order valence-corrected chi connectivity index (χ2v) is 5.73. The van der Waals surface area contributed by atoms with E-state index in [0.717, 1.165) is 18.5 Å². The molecule has 7 heteroatoms. The number of hydrogen-bond donors (Lipinski definition) is 2. The number of alkyl carbamates (subject to hydrolysis) is 1. The van der Waals surface area contributed by atoms with Crippen LogP contribution in [0.25, 0.3) is 0 Å². The van der Waals surface area contributed by atoms with Crippen molar-refractivity contribution in [1.29, 1.82) is 0 Å². The lowest BCUT2D eigenvalue weighted by Gasteiger charge is -2.19. The molecule has 2 aromatic rings. The zero-order chi connectivity index (χ0) is 16.9. The highest BCUT2D eigenvalue weighted by atomic mass is 16.5. The molecule has 1 unspecified atom stereocenters. The Bertz CT molecular complexity index is 727. The fourth-order valence-corrected chi connectivity index (χ4v) is 2.79. The fourth-order valence-electron chi connectivity index (χ4n) is 2.79. The number of imidazole rings is 1. The summed E-state index contributed by atoms with van der Waals surface area (Å²) in [5.74, 6) is -0.871. The van der Waals surface area contributed by atoms with Crippen molar-refractivity contribution in [2.45, 2.75) is 38.5 Å². The molecule has 7 nitrogen and oxygen atoms in total. The molecule has 0 aliphatic carbocycles. The molecule has 1 aliphatic rings. The zero-order valence-electron chi connectivity index (χ0n) is 13.1. The Balaban J connectivity index is 1.53. The maximum atomic E-state index is 11.7. The fraction of sp³-hybridized carbons (Fsp3) is 0.353. The van der Waals surface area contributed by atoms with Crippen LogP contribution in [0, 0.1) is 0 Å². The molecule has 0 saturated heterocycles. The first-order valence-corrected chi connectivity index (χ1v) is 7.87. The minimum absolute atomic E-state index is 0.202. The van der Waals surface area contributed by atoms with Crippen LogP contribution in [0.5, 0.6) is 0 Å². The number of benzene rings is 1. The number of nitrogens with zero attached hydrogens (tertiary/aromatic N) is 2. The summed E-state index contributed by atoms with van der Waals surface area (Å²) < 4.78 is 6.99. The van der Waals surface area contributed by atoms with Crippen LogP contribution in [0.4, 0.5) is 4.79 Å². The molecule has 1 atom stereocenters. The van der Waals surface area contributed by atoms with Crippen LogP contribution in [0.15, 0.2) is 36.5 Å². The molecule has 24 heavy (non-hydrogen) atoms. The number of aromatic nitrogens is 2. The number of amides is 1. The van der Waals surface area contributed by atoms with Gasteiger partial charge in [-0.05, 0) is 18.4 Å². The van der Waals surface area contributed by atoms with Gasteiger partial charge in [-0.1, -0.05) is 30.3 Å². The first-order chi connectivity index (χ1) is 11.6. The topological polar surface area (TPSA) is 93.5 Å². The molecule has 3 rings (SSSR count). The number of nitrogens with one attached hydrogen (secondary N) is 1. The number of hydrogen-bond acceptors (Lipinski definition) is 4. The zero-order valence-corrected chi connectivity index (χ0v) is 13.1. The summed E-state index contributed by atoms with van der Waals surface area (Å²) in [7, 11) is 0. The minimum atomic E-state index is -0.858. The Morgan fingerprint density at radius 3 is 2.88 bits per heavy atom. The molecule has 0 bridgehead atoms. The summed E-state index contributed by atoms with van der Waals surface area (Å²) in [5, 5.41) is 11.9. The van der Waals surface area contributed by atoms with Gasteiger partial charge in [-0.25, -0.2) is 9.78 Å². The van der Waals surface area contributed by atoms with Crippen molar-refractivity contribution in [2.24, 2.45) is 0 Å². The Morgan fingerprint density at radius 1 is 1.33 bits per heavy atom. The van der Waals surface area contributed by atoms with Crippen molar-refractivity contribution in [1.82, 2.24) is 14.9 Å². The lowest BCUT2D eigenvalue weighted by Crippen LogP contribution is -2.24. The van der Waals surface area contributed by atoms with Gasteiger partial charge >= 0.3 is 12.1 Å². The second kappa shape index (κ2) is 7.16. The highest BCUT2D eigenvalue weighted by Gasteiger charge is 2.28. The van der Waals surface area contributed by atoms with Gasteiger partial charge < -0.3 is 19.7 Å². The Labute approximate surface area is 139 Å². The molecule has 126 valence electrons. The van der Waals surface area contributed by atoms with Crippen LogP contribution in [0.3, 0.4) is 0 Å². The molecule has 1 aliphatic heterocycles. The first kappa shape index (κ1) is 16.0. The van der Waals surface area contributed by atoms with E-state index in [4.69, 9.17) is 4.74 Å². The van der Waals surface area contributed by atoms with Crippen molar-refractivity contribution < 1.29 is 19.4 Å². The quantitative estimate of drug-likeness (QED) is 0.878. The third-order valence-electron chi connectivity index (χ3n) is 3.99. The lowest BCUT2D eigenvalue weighted by atomic mass is 9.99. The number of ether oxygens (including phenoxy) is 1. The standard InChI is InChI=1S/C17H19N3O4/c21-16(22)14-7-4-8-20-10-13(19-15(14)20)9-18-17(23)24-11-12-5-2-1-3-6-12/h1-3,5-6,10,14H,4,7-9,11H2,(H,18,23)(H,21,22). The smallest absolute Gasteiger partial charge is 0.407 e. The van der Waals surface area contributed by atoms with E-state index in [0.29, 0.717) is 17.9 Å². The average Bonchev–Trinajstić information content (AvgIpc) is 3.01. The van der Waals surface area contributed by atoms with Crippen LogP contribution in [-0.2, 0) is 29.2 Å². The van der Waals surface area contributed by atoms with E-state index in [1.807, 2.05) is 34.9 Å². The number of aryl methyl sites for hydroxylation is 1. The number of carboxylic acids is 1. The van der Waals surface area contributed by atoms with Crippen molar-refractivity contribution in [2.75, 3.05) is 0 Å². The number of carbonyl (C=O) groups is 2. The number of aliphatic carboxylic acids is 1. The summed E-state index contributed by atoms with van der Waals surface area (Å²) in [5.41, 5.74) is 1.55. The van der Waals surface area contributed by atoms with E-state index in [9.17, 15) is 14.7 Å². The second-order valence-electron chi connectivity index (χ2n) is 5.73.